The number of hydrogen-bond donors (Lipinski definition) is 1. The number of methoxy groups -OCH3 is 2. The lowest BCUT2D eigenvalue weighted by Gasteiger charge is -2.30. The summed E-state index contributed by atoms with van der Waals surface area (Å²) in [6.07, 6.45) is 0.956. The summed E-state index contributed by atoms with van der Waals surface area (Å²) in [6.45, 7) is 1.94. The first-order chi connectivity index (χ1) is 9.60. The van der Waals surface area contributed by atoms with Crippen LogP contribution in [0.2, 0.25) is 0 Å². The maximum atomic E-state index is 12.0. The number of carbonyl (C=O) groups excluding carboxylic acids is 2. The molecule has 0 aromatic heterocycles. The van der Waals surface area contributed by atoms with Crippen LogP contribution in [-0.2, 0) is 9.59 Å². The van der Waals surface area contributed by atoms with Crippen LogP contribution in [0, 0.1) is 5.92 Å². The molecule has 0 bridgehead atoms. The molecule has 0 saturated carbocycles. The van der Waals surface area contributed by atoms with Crippen LogP contribution in [0.3, 0.4) is 0 Å². The van der Waals surface area contributed by atoms with Gasteiger partial charge >= 0.3 is 0 Å². The number of nitrogens with one attached hydrogen (secondary N) is 1. The van der Waals surface area contributed by atoms with Gasteiger partial charge in [0.1, 0.15) is 11.5 Å². The Morgan fingerprint density at radius 1 is 1.25 bits per heavy atom. The fourth-order valence-electron chi connectivity index (χ4n) is 2.73. The van der Waals surface area contributed by atoms with Crippen molar-refractivity contribution in [3.8, 4) is 11.5 Å². The summed E-state index contributed by atoms with van der Waals surface area (Å²) < 4.78 is 10.6. The van der Waals surface area contributed by atoms with Crippen molar-refractivity contribution in [2.75, 3.05) is 14.2 Å². The van der Waals surface area contributed by atoms with Crippen LogP contribution >= 0.6 is 0 Å². The average Bonchev–Trinajstić information content (AvgIpc) is 2.45. The van der Waals surface area contributed by atoms with Gasteiger partial charge in [0, 0.05) is 23.8 Å². The zero-order valence-electron chi connectivity index (χ0n) is 11.9. The Morgan fingerprint density at radius 2 is 2.00 bits per heavy atom. The average molecular weight is 277 g/mol. The predicted octanol–water partition coefficient (Wildman–Crippen LogP) is 1.86. The smallest absolute Gasteiger partial charge is 0.230 e. The van der Waals surface area contributed by atoms with Gasteiger partial charge in [0.05, 0.1) is 14.2 Å². The zero-order chi connectivity index (χ0) is 14.7. The van der Waals surface area contributed by atoms with E-state index in [1.165, 1.54) is 0 Å². The predicted molar refractivity (Wildman–Crippen MR) is 73.8 cm³/mol. The third-order valence-corrected chi connectivity index (χ3v) is 3.77. The van der Waals surface area contributed by atoms with Crippen molar-refractivity contribution in [2.24, 2.45) is 5.92 Å². The van der Waals surface area contributed by atoms with E-state index >= 15 is 0 Å². The van der Waals surface area contributed by atoms with Crippen LogP contribution in [0.25, 0.3) is 0 Å². The number of benzene rings is 1. The molecule has 5 heteroatoms. The third-order valence-electron chi connectivity index (χ3n) is 3.77. The highest BCUT2D eigenvalue weighted by Gasteiger charge is 2.37. The first-order valence-corrected chi connectivity index (χ1v) is 6.66. The second-order valence-electron chi connectivity index (χ2n) is 4.85. The zero-order valence-corrected chi connectivity index (χ0v) is 11.9. The topological polar surface area (TPSA) is 64.6 Å². The summed E-state index contributed by atoms with van der Waals surface area (Å²) in [6, 6.07) is 5.45. The van der Waals surface area contributed by atoms with E-state index in [-0.39, 0.29) is 30.1 Å². The highest BCUT2D eigenvalue weighted by atomic mass is 16.5. The largest absolute Gasteiger partial charge is 0.497 e. The molecule has 1 aromatic carbocycles. The second-order valence-corrected chi connectivity index (χ2v) is 4.85. The fourth-order valence-corrected chi connectivity index (χ4v) is 2.73. The van der Waals surface area contributed by atoms with Crippen molar-refractivity contribution in [3.63, 3.8) is 0 Å². The minimum Gasteiger partial charge on any atom is -0.497 e. The maximum absolute atomic E-state index is 12.0. The van der Waals surface area contributed by atoms with E-state index in [0.717, 1.165) is 5.56 Å². The Bertz CT molecular complexity index is 527. The van der Waals surface area contributed by atoms with Gasteiger partial charge in [-0.15, -0.1) is 0 Å². The first kappa shape index (κ1) is 14.4. The Hall–Kier alpha value is -2.04. The molecule has 1 N–H and O–H groups in total. The Balaban J connectivity index is 2.45. The number of carbonyl (C=O) groups is 2. The minimum absolute atomic E-state index is 0.175. The summed E-state index contributed by atoms with van der Waals surface area (Å²) in [5.41, 5.74) is 0.849. The van der Waals surface area contributed by atoms with E-state index in [1.54, 1.807) is 26.4 Å². The third kappa shape index (κ3) is 2.61. The van der Waals surface area contributed by atoms with Gasteiger partial charge in [0.2, 0.25) is 11.8 Å². The maximum Gasteiger partial charge on any atom is 0.230 e. The summed E-state index contributed by atoms with van der Waals surface area (Å²) in [7, 11) is 3.17. The van der Waals surface area contributed by atoms with Gasteiger partial charge in [-0.2, -0.15) is 0 Å². The molecule has 1 aromatic rings. The summed E-state index contributed by atoms with van der Waals surface area (Å²) >= 11 is 0. The van der Waals surface area contributed by atoms with Crippen molar-refractivity contribution < 1.29 is 19.1 Å². The number of imide groups is 1. The van der Waals surface area contributed by atoms with E-state index in [0.29, 0.717) is 17.9 Å². The van der Waals surface area contributed by atoms with Gasteiger partial charge in [-0.1, -0.05) is 6.92 Å². The van der Waals surface area contributed by atoms with Crippen LogP contribution in [-0.4, -0.2) is 26.0 Å². The highest BCUT2D eigenvalue weighted by molar-refractivity contribution is 6.00. The number of amides is 2. The number of ether oxygens (including phenoxy) is 2. The lowest BCUT2D eigenvalue weighted by atomic mass is 9.78. The van der Waals surface area contributed by atoms with Crippen molar-refractivity contribution in [3.05, 3.63) is 23.8 Å². The molecule has 2 rings (SSSR count). The van der Waals surface area contributed by atoms with Crippen molar-refractivity contribution in [2.45, 2.75) is 25.7 Å². The second kappa shape index (κ2) is 5.94. The molecule has 1 aliphatic heterocycles. The van der Waals surface area contributed by atoms with Crippen molar-refractivity contribution in [1.82, 2.24) is 5.32 Å². The van der Waals surface area contributed by atoms with Crippen LogP contribution in [0.4, 0.5) is 0 Å². The molecule has 0 spiro atoms. The van der Waals surface area contributed by atoms with Crippen molar-refractivity contribution >= 4 is 11.8 Å². The van der Waals surface area contributed by atoms with Gasteiger partial charge in [-0.3, -0.25) is 14.9 Å². The molecule has 1 fully saturated rings. The van der Waals surface area contributed by atoms with E-state index < -0.39 is 0 Å². The van der Waals surface area contributed by atoms with Crippen molar-refractivity contribution in [1.29, 1.82) is 0 Å². The van der Waals surface area contributed by atoms with Crippen LogP contribution in [0.1, 0.15) is 31.2 Å². The van der Waals surface area contributed by atoms with Crippen LogP contribution in [0.5, 0.6) is 11.5 Å². The quantitative estimate of drug-likeness (QED) is 0.853. The lowest BCUT2D eigenvalue weighted by Crippen LogP contribution is -2.44. The number of piperidine rings is 1. The molecule has 1 saturated heterocycles. The standard InChI is InChI=1S/C15H19NO4/c1-4-10-11(8-14(17)16-15(10)18)12-7-9(19-2)5-6-13(12)20-3/h5-7,10-11H,4,8H2,1-3H3,(H,16,17,18). The number of hydrogen-bond acceptors (Lipinski definition) is 4. The van der Waals surface area contributed by atoms with E-state index in [4.69, 9.17) is 9.47 Å². The Morgan fingerprint density at radius 3 is 2.60 bits per heavy atom. The van der Waals surface area contributed by atoms with Crippen LogP contribution < -0.4 is 14.8 Å². The molecule has 2 atom stereocenters. The molecule has 5 nitrogen and oxygen atoms in total. The monoisotopic (exact) mass is 277 g/mol. The lowest BCUT2D eigenvalue weighted by molar-refractivity contribution is -0.137. The van der Waals surface area contributed by atoms with Gasteiger partial charge < -0.3 is 9.47 Å². The number of rotatable bonds is 4. The molecule has 0 aliphatic carbocycles. The van der Waals surface area contributed by atoms with E-state index in [1.807, 2.05) is 13.0 Å². The molecular weight excluding hydrogens is 258 g/mol. The molecule has 20 heavy (non-hydrogen) atoms. The molecule has 0 radical (unpaired) electrons. The van der Waals surface area contributed by atoms with E-state index in [2.05, 4.69) is 5.32 Å². The summed E-state index contributed by atoms with van der Waals surface area (Å²) in [5.74, 6) is 0.513. The fraction of sp³-hybridized carbons (Fsp3) is 0.467. The SMILES string of the molecule is CCC1C(=O)NC(=O)CC1c1cc(OC)ccc1OC. The first-order valence-electron chi connectivity index (χ1n) is 6.66. The highest BCUT2D eigenvalue weighted by Crippen LogP contribution is 2.39. The molecule has 2 amide bonds. The van der Waals surface area contributed by atoms with Gasteiger partial charge in [-0.05, 0) is 24.6 Å². The van der Waals surface area contributed by atoms with Crippen LogP contribution in [0.15, 0.2) is 18.2 Å². The normalized spacial score (nSPS) is 22.4. The summed E-state index contributed by atoms with van der Waals surface area (Å²) in [4.78, 5) is 23.6. The molecular formula is C15H19NO4. The Kier molecular flexibility index (Phi) is 4.27. The molecule has 108 valence electrons. The van der Waals surface area contributed by atoms with Gasteiger partial charge in [-0.25, -0.2) is 0 Å². The molecule has 1 heterocycles. The molecule has 1 aliphatic rings. The Labute approximate surface area is 118 Å². The van der Waals surface area contributed by atoms with Gasteiger partial charge in [0.25, 0.3) is 0 Å². The molecule has 2 unspecified atom stereocenters. The minimum atomic E-state index is -0.241. The summed E-state index contributed by atoms with van der Waals surface area (Å²) in [5, 5.41) is 2.40. The van der Waals surface area contributed by atoms with Gasteiger partial charge in [0.15, 0.2) is 0 Å². The van der Waals surface area contributed by atoms with E-state index in [9.17, 15) is 9.59 Å².